The van der Waals surface area contributed by atoms with Gasteiger partial charge < -0.3 is 14.8 Å². The van der Waals surface area contributed by atoms with Gasteiger partial charge in [0.15, 0.2) is 0 Å². The summed E-state index contributed by atoms with van der Waals surface area (Å²) in [6, 6.07) is 8.27. The largest absolute Gasteiger partial charge is 0.382 e. The smallest absolute Gasteiger partial charge is 0.0700 e. The molecule has 0 unspecified atom stereocenters. The van der Waals surface area contributed by atoms with Crippen LogP contribution in [0.15, 0.2) is 24.3 Å². The third-order valence-corrected chi connectivity index (χ3v) is 2.97. The Balaban J connectivity index is 2.10. The van der Waals surface area contributed by atoms with Crippen molar-refractivity contribution < 1.29 is 9.47 Å². The standard InChI is InChI=1S/C14H22ClNO2/c1-12(13-4-6-14(15)7-5-13)16-8-3-9-18-11-10-17-2/h4-7,12,16H,3,8-11H2,1-2H3/t12-/m0/s1. The monoisotopic (exact) mass is 271 g/mol. The molecule has 0 heterocycles. The molecule has 0 fully saturated rings. The molecular formula is C14H22ClNO2. The van der Waals surface area contributed by atoms with Crippen molar-refractivity contribution in [2.45, 2.75) is 19.4 Å². The van der Waals surface area contributed by atoms with E-state index < -0.39 is 0 Å². The van der Waals surface area contributed by atoms with Crippen molar-refractivity contribution in [2.75, 3.05) is 33.5 Å². The molecule has 0 aromatic heterocycles. The van der Waals surface area contributed by atoms with E-state index >= 15 is 0 Å². The molecule has 0 aliphatic rings. The fourth-order valence-electron chi connectivity index (χ4n) is 1.61. The summed E-state index contributed by atoms with van der Waals surface area (Å²) in [6.45, 7) is 5.19. The van der Waals surface area contributed by atoms with E-state index in [1.54, 1.807) is 7.11 Å². The minimum absolute atomic E-state index is 0.334. The molecule has 0 saturated carbocycles. The van der Waals surface area contributed by atoms with Gasteiger partial charge in [0.05, 0.1) is 13.2 Å². The van der Waals surface area contributed by atoms with Gasteiger partial charge in [-0.25, -0.2) is 0 Å². The van der Waals surface area contributed by atoms with Gasteiger partial charge in [-0.15, -0.1) is 0 Å². The van der Waals surface area contributed by atoms with Crippen LogP contribution in [-0.2, 0) is 9.47 Å². The summed E-state index contributed by atoms with van der Waals surface area (Å²) >= 11 is 5.86. The number of methoxy groups -OCH3 is 1. The number of halogens is 1. The van der Waals surface area contributed by atoms with E-state index in [-0.39, 0.29) is 0 Å². The highest BCUT2D eigenvalue weighted by molar-refractivity contribution is 6.30. The molecule has 0 spiro atoms. The number of nitrogens with one attached hydrogen (secondary N) is 1. The van der Waals surface area contributed by atoms with Gasteiger partial charge in [-0.1, -0.05) is 23.7 Å². The van der Waals surface area contributed by atoms with Gasteiger partial charge in [-0.05, 0) is 37.6 Å². The predicted octanol–water partition coefficient (Wildman–Crippen LogP) is 3.04. The summed E-state index contributed by atoms with van der Waals surface area (Å²) < 4.78 is 10.3. The van der Waals surface area contributed by atoms with Crippen LogP contribution in [0.25, 0.3) is 0 Å². The third-order valence-electron chi connectivity index (χ3n) is 2.72. The van der Waals surface area contributed by atoms with E-state index in [4.69, 9.17) is 21.1 Å². The molecule has 0 bridgehead atoms. The molecule has 18 heavy (non-hydrogen) atoms. The van der Waals surface area contributed by atoms with Crippen LogP contribution in [0.4, 0.5) is 0 Å². The van der Waals surface area contributed by atoms with Crippen molar-refractivity contribution >= 4 is 11.6 Å². The molecule has 0 saturated heterocycles. The van der Waals surface area contributed by atoms with Crippen LogP contribution in [0.3, 0.4) is 0 Å². The summed E-state index contributed by atoms with van der Waals surface area (Å²) in [4.78, 5) is 0. The molecule has 4 heteroatoms. The van der Waals surface area contributed by atoms with Crippen LogP contribution in [0.1, 0.15) is 24.9 Å². The maximum Gasteiger partial charge on any atom is 0.0700 e. The molecule has 3 nitrogen and oxygen atoms in total. The summed E-state index contributed by atoms with van der Waals surface area (Å²) in [5, 5.41) is 4.23. The topological polar surface area (TPSA) is 30.5 Å². The van der Waals surface area contributed by atoms with Gasteiger partial charge in [0.2, 0.25) is 0 Å². The third kappa shape index (κ3) is 6.36. The second-order valence-electron chi connectivity index (χ2n) is 4.19. The molecule has 0 amide bonds. The van der Waals surface area contributed by atoms with E-state index in [2.05, 4.69) is 24.4 Å². The molecule has 0 aliphatic carbocycles. The van der Waals surface area contributed by atoms with Gasteiger partial charge in [0.25, 0.3) is 0 Å². The number of hydrogen-bond donors (Lipinski definition) is 1. The zero-order chi connectivity index (χ0) is 13.2. The lowest BCUT2D eigenvalue weighted by atomic mass is 10.1. The molecule has 0 radical (unpaired) electrons. The van der Waals surface area contributed by atoms with Crippen molar-refractivity contribution in [3.63, 3.8) is 0 Å². The molecule has 1 rings (SSSR count). The Hall–Kier alpha value is -0.610. The SMILES string of the molecule is COCCOCCCN[C@@H](C)c1ccc(Cl)cc1. The second kappa shape index (κ2) is 9.34. The number of benzene rings is 1. The van der Waals surface area contributed by atoms with Crippen molar-refractivity contribution in [3.05, 3.63) is 34.9 Å². The number of ether oxygens (including phenoxy) is 2. The molecule has 1 aromatic carbocycles. The van der Waals surface area contributed by atoms with Crippen LogP contribution in [0, 0.1) is 0 Å². The zero-order valence-electron chi connectivity index (χ0n) is 11.1. The van der Waals surface area contributed by atoms with E-state index in [0.29, 0.717) is 19.3 Å². The Morgan fingerprint density at radius 1 is 1.17 bits per heavy atom. The first-order chi connectivity index (χ1) is 8.74. The van der Waals surface area contributed by atoms with Gasteiger partial charge in [-0.3, -0.25) is 0 Å². The van der Waals surface area contributed by atoms with Crippen molar-refractivity contribution in [1.29, 1.82) is 0 Å². The number of rotatable bonds is 9. The van der Waals surface area contributed by atoms with Crippen LogP contribution in [0.5, 0.6) is 0 Å². The first-order valence-corrected chi connectivity index (χ1v) is 6.67. The summed E-state index contributed by atoms with van der Waals surface area (Å²) in [7, 11) is 1.68. The molecule has 102 valence electrons. The van der Waals surface area contributed by atoms with E-state index in [1.807, 2.05) is 12.1 Å². The molecule has 1 N–H and O–H groups in total. The minimum atomic E-state index is 0.334. The fraction of sp³-hybridized carbons (Fsp3) is 0.571. The maximum absolute atomic E-state index is 5.86. The van der Waals surface area contributed by atoms with Gasteiger partial charge >= 0.3 is 0 Å². The van der Waals surface area contributed by atoms with Crippen molar-refractivity contribution in [3.8, 4) is 0 Å². The van der Waals surface area contributed by atoms with Crippen LogP contribution in [0.2, 0.25) is 5.02 Å². The molecule has 0 aliphatic heterocycles. The Morgan fingerprint density at radius 2 is 1.89 bits per heavy atom. The lowest BCUT2D eigenvalue weighted by Crippen LogP contribution is -2.21. The predicted molar refractivity (Wildman–Crippen MR) is 75.2 cm³/mol. The Labute approximate surface area is 114 Å². The normalized spacial score (nSPS) is 12.6. The van der Waals surface area contributed by atoms with Gasteiger partial charge in [0, 0.05) is 24.8 Å². The van der Waals surface area contributed by atoms with Crippen LogP contribution < -0.4 is 5.32 Å². The maximum atomic E-state index is 5.86. The van der Waals surface area contributed by atoms with Crippen molar-refractivity contribution in [1.82, 2.24) is 5.32 Å². The summed E-state index contributed by atoms with van der Waals surface area (Å²) in [6.07, 6.45) is 1.00. The van der Waals surface area contributed by atoms with Crippen LogP contribution >= 0.6 is 11.6 Å². The second-order valence-corrected chi connectivity index (χ2v) is 4.62. The van der Waals surface area contributed by atoms with E-state index in [0.717, 1.165) is 24.6 Å². The van der Waals surface area contributed by atoms with Crippen LogP contribution in [-0.4, -0.2) is 33.5 Å². The van der Waals surface area contributed by atoms with E-state index in [9.17, 15) is 0 Å². The lowest BCUT2D eigenvalue weighted by molar-refractivity contribution is 0.0693. The Morgan fingerprint density at radius 3 is 2.56 bits per heavy atom. The quantitative estimate of drug-likeness (QED) is 0.701. The molecule has 1 aromatic rings. The fourth-order valence-corrected chi connectivity index (χ4v) is 1.73. The molecular weight excluding hydrogens is 250 g/mol. The molecule has 1 atom stereocenters. The Bertz CT molecular complexity index is 316. The van der Waals surface area contributed by atoms with Gasteiger partial charge in [0.1, 0.15) is 0 Å². The lowest BCUT2D eigenvalue weighted by Gasteiger charge is -2.14. The summed E-state index contributed by atoms with van der Waals surface area (Å²) in [5.74, 6) is 0. The Kier molecular flexibility index (Phi) is 8.01. The van der Waals surface area contributed by atoms with Crippen molar-refractivity contribution in [2.24, 2.45) is 0 Å². The first kappa shape index (κ1) is 15.4. The highest BCUT2D eigenvalue weighted by atomic mass is 35.5. The summed E-state index contributed by atoms with van der Waals surface area (Å²) in [5.41, 5.74) is 1.25. The highest BCUT2D eigenvalue weighted by Gasteiger charge is 2.03. The highest BCUT2D eigenvalue weighted by Crippen LogP contribution is 2.15. The first-order valence-electron chi connectivity index (χ1n) is 6.29. The minimum Gasteiger partial charge on any atom is -0.382 e. The van der Waals surface area contributed by atoms with E-state index in [1.165, 1.54) is 5.56 Å². The number of hydrogen-bond acceptors (Lipinski definition) is 3. The average molecular weight is 272 g/mol. The average Bonchev–Trinajstić information content (AvgIpc) is 2.38. The zero-order valence-corrected chi connectivity index (χ0v) is 11.9. The van der Waals surface area contributed by atoms with Gasteiger partial charge in [-0.2, -0.15) is 0 Å².